The zero-order valence-corrected chi connectivity index (χ0v) is 11.8. The first kappa shape index (κ1) is 12.6. The largest absolute Gasteiger partial charge is 0.386 e. The van der Waals surface area contributed by atoms with Crippen molar-refractivity contribution in [3.8, 4) is 0 Å². The van der Waals surface area contributed by atoms with Crippen molar-refractivity contribution in [1.82, 2.24) is 14.7 Å². The van der Waals surface area contributed by atoms with Crippen molar-refractivity contribution < 1.29 is 9.84 Å². The monoisotopic (exact) mass is 315 g/mol. The van der Waals surface area contributed by atoms with Crippen LogP contribution in [0, 0.1) is 0 Å². The van der Waals surface area contributed by atoms with Gasteiger partial charge in [-0.25, -0.2) is 0 Å². The van der Waals surface area contributed by atoms with Gasteiger partial charge in [-0.05, 0) is 28.8 Å². The summed E-state index contributed by atoms with van der Waals surface area (Å²) in [6.07, 6.45) is 5.62. The molecule has 6 heteroatoms. The highest BCUT2D eigenvalue weighted by Crippen LogP contribution is 2.27. The molecule has 0 aliphatic carbocycles. The highest BCUT2D eigenvalue weighted by atomic mass is 79.9. The highest BCUT2D eigenvalue weighted by molar-refractivity contribution is 9.10. The summed E-state index contributed by atoms with van der Waals surface area (Å²) in [7, 11) is 0. The Kier molecular flexibility index (Phi) is 3.44. The average molecular weight is 316 g/mol. The molecule has 0 bridgehead atoms. The van der Waals surface area contributed by atoms with Gasteiger partial charge < -0.3 is 9.84 Å². The summed E-state index contributed by atoms with van der Waals surface area (Å²) in [6, 6.07) is 0.435. The second kappa shape index (κ2) is 4.92. The summed E-state index contributed by atoms with van der Waals surface area (Å²) in [6.45, 7) is 3.88. The molecule has 1 aromatic heterocycles. The molecule has 0 aromatic carbocycles. The average Bonchev–Trinajstić information content (AvgIpc) is 2.70. The highest BCUT2D eigenvalue weighted by Gasteiger charge is 2.37. The van der Waals surface area contributed by atoms with E-state index >= 15 is 0 Å². The quantitative estimate of drug-likeness (QED) is 0.905. The van der Waals surface area contributed by atoms with Crippen LogP contribution in [0.25, 0.3) is 0 Å². The zero-order valence-electron chi connectivity index (χ0n) is 10.3. The van der Waals surface area contributed by atoms with Gasteiger partial charge in [0.2, 0.25) is 0 Å². The standard InChI is InChI=1S/C12H18BrN3O2/c13-10-4-14-16(5-10)11-6-15(7-11)8-12(17)2-1-3-18-9-12/h4-5,11,17H,1-3,6-9H2. The van der Waals surface area contributed by atoms with Crippen LogP contribution in [0.2, 0.25) is 0 Å². The molecule has 3 rings (SSSR count). The first-order chi connectivity index (χ1) is 8.65. The Labute approximate surface area is 115 Å². The number of rotatable bonds is 3. The summed E-state index contributed by atoms with van der Waals surface area (Å²) < 4.78 is 8.37. The molecule has 2 fully saturated rings. The second-order valence-corrected chi connectivity index (χ2v) is 6.28. The number of aliphatic hydroxyl groups is 1. The lowest BCUT2D eigenvalue weighted by Gasteiger charge is -2.44. The minimum absolute atomic E-state index is 0.435. The summed E-state index contributed by atoms with van der Waals surface area (Å²) in [5.74, 6) is 0. The number of β-amino-alcohol motifs (C(OH)–C–C–N with tert-alkyl or cyclic N) is 1. The molecule has 1 unspecified atom stereocenters. The van der Waals surface area contributed by atoms with Gasteiger partial charge in [0.25, 0.3) is 0 Å². The van der Waals surface area contributed by atoms with E-state index in [0.29, 0.717) is 19.2 Å². The topological polar surface area (TPSA) is 50.5 Å². The molecule has 0 radical (unpaired) electrons. The number of ether oxygens (including phenoxy) is 1. The van der Waals surface area contributed by atoms with Gasteiger partial charge in [-0.1, -0.05) is 0 Å². The number of nitrogens with zero attached hydrogens (tertiary/aromatic N) is 3. The fourth-order valence-electron chi connectivity index (χ4n) is 2.73. The Bertz CT molecular complexity index is 411. The molecule has 18 heavy (non-hydrogen) atoms. The lowest BCUT2D eigenvalue weighted by molar-refractivity contribution is -0.112. The molecule has 100 valence electrons. The van der Waals surface area contributed by atoms with E-state index in [-0.39, 0.29) is 0 Å². The number of likely N-dealkylation sites (tertiary alicyclic amines) is 1. The van der Waals surface area contributed by atoms with E-state index in [2.05, 4.69) is 25.9 Å². The molecule has 0 spiro atoms. The Morgan fingerprint density at radius 1 is 1.56 bits per heavy atom. The van der Waals surface area contributed by atoms with Crippen LogP contribution in [0.3, 0.4) is 0 Å². The molecular formula is C12H18BrN3O2. The van der Waals surface area contributed by atoms with Crippen molar-refractivity contribution in [3.05, 3.63) is 16.9 Å². The number of halogens is 1. The van der Waals surface area contributed by atoms with E-state index in [4.69, 9.17) is 4.74 Å². The van der Waals surface area contributed by atoms with Gasteiger partial charge in [-0.2, -0.15) is 5.10 Å². The number of hydrogen-bond donors (Lipinski definition) is 1. The van der Waals surface area contributed by atoms with Gasteiger partial charge in [0.15, 0.2) is 0 Å². The molecule has 0 amide bonds. The van der Waals surface area contributed by atoms with E-state index in [1.165, 1.54) is 0 Å². The Hall–Kier alpha value is -0.430. The summed E-state index contributed by atoms with van der Waals surface area (Å²) >= 11 is 3.40. The third-order valence-electron chi connectivity index (χ3n) is 3.70. The lowest BCUT2D eigenvalue weighted by Crippen LogP contribution is -2.56. The van der Waals surface area contributed by atoms with Crippen molar-refractivity contribution in [2.24, 2.45) is 0 Å². The molecule has 0 saturated carbocycles. The van der Waals surface area contributed by atoms with E-state index in [1.54, 1.807) is 0 Å². The molecule has 1 atom stereocenters. The fraction of sp³-hybridized carbons (Fsp3) is 0.750. The molecule has 5 nitrogen and oxygen atoms in total. The first-order valence-corrected chi connectivity index (χ1v) is 7.16. The molecular weight excluding hydrogens is 298 g/mol. The van der Waals surface area contributed by atoms with Gasteiger partial charge in [0.05, 0.1) is 23.3 Å². The van der Waals surface area contributed by atoms with Crippen molar-refractivity contribution >= 4 is 15.9 Å². The molecule has 1 N–H and O–H groups in total. The van der Waals surface area contributed by atoms with Gasteiger partial charge >= 0.3 is 0 Å². The van der Waals surface area contributed by atoms with Crippen LogP contribution in [0.1, 0.15) is 18.9 Å². The minimum Gasteiger partial charge on any atom is -0.386 e. The molecule has 2 aliphatic heterocycles. The van der Waals surface area contributed by atoms with Crippen molar-refractivity contribution in [3.63, 3.8) is 0 Å². The van der Waals surface area contributed by atoms with Crippen molar-refractivity contribution in [1.29, 1.82) is 0 Å². The lowest BCUT2D eigenvalue weighted by atomic mass is 9.94. The summed E-state index contributed by atoms with van der Waals surface area (Å²) in [4.78, 5) is 2.27. The SMILES string of the molecule is OC1(CN2CC(n3cc(Br)cn3)C2)CCCOC1. The van der Waals surface area contributed by atoms with Crippen LogP contribution in [0.5, 0.6) is 0 Å². The van der Waals surface area contributed by atoms with E-state index in [9.17, 15) is 5.11 Å². The smallest absolute Gasteiger partial charge is 0.101 e. The van der Waals surface area contributed by atoms with Gasteiger partial charge in [-0.15, -0.1) is 0 Å². The molecule has 2 aliphatic rings. The number of aromatic nitrogens is 2. The maximum absolute atomic E-state index is 10.4. The van der Waals surface area contributed by atoms with Gasteiger partial charge in [0.1, 0.15) is 5.60 Å². The molecule has 2 saturated heterocycles. The zero-order chi connectivity index (χ0) is 12.6. The predicted molar refractivity (Wildman–Crippen MR) is 70.4 cm³/mol. The third-order valence-corrected chi connectivity index (χ3v) is 4.11. The summed E-state index contributed by atoms with van der Waals surface area (Å²) in [5, 5.41) is 14.7. The van der Waals surface area contributed by atoms with Crippen LogP contribution in [-0.4, -0.2) is 58.2 Å². The molecule has 3 heterocycles. The van der Waals surface area contributed by atoms with Crippen LogP contribution in [-0.2, 0) is 4.74 Å². The van der Waals surface area contributed by atoms with Crippen molar-refractivity contribution in [2.45, 2.75) is 24.5 Å². The number of hydrogen-bond acceptors (Lipinski definition) is 4. The first-order valence-electron chi connectivity index (χ1n) is 6.37. The fourth-order valence-corrected chi connectivity index (χ4v) is 3.03. The van der Waals surface area contributed by atoms with Crippen LogP contribution < -0.4 is 0 Å². The maximum atomic E-state index is 10.4. The Morgan fingerprint density at radius 2 is 2.39 bits per heavy atom. The van der Waals surface area contributed by atoms with Gasteiger partial charge in [-0.3, -0.25) is 9.58 Å². The Balaban J connectivity index is 1.50. The Morgan fingerprint density at radius 3 is 3.00 bits per heavy atom. The van der Waals surface area contributed by atoms with E-state index in [1.807, 2.05) is 17.1 Å². The third kappa shape index (κ3) is 2.61. The van der Waals surface area contributed by atoms with Crippen LogP contribution in [0.4, 0.5) is 0 Å². The second-order valence-electron chi connectivity index (χ2n) is 5.37. The minimum atomic E-state index is -0.645. The van der Waals surface area contributed by atoms with Gasteiger partial charge in [0, 0.05) is 32.4 Å². The van der Waals surface area contributed by atoms with Crippen LogP contribution in [0.15, 0.2) is 16.9 Å². The normalized spacial score (nSPS) is 30.3. The summed E-state index contributed by atoms with van der Waals surface area (Å²) in [5.41, 5.74) is -0.645. The van der Waals surface area contributed by atoms with Crippen molar-refractivity contribution in [2.75, 3.05) is 32.8 Å². The van der Waals surface area contributed by atoms with E-state index < -0.39 is 5.60 Å². The maximum Gasteiger partial charge on any atom is 0.101 e. The molecule has 1 aromatic rings. The van der Waals surface area contributed by atoms with Crippen LogP contribution >= 0.6 is 15.9 Å². The predicted octanol–water partition coefficient (Wildman–Crippen LogP) is 1.04. The van der Waals surface area contributed by atoms with E-state index in [0.717, 1.165) is 37.0 Å².